The number of carboxylic acids is 1. The van der Waals surface area contributed by atoms with E-state index in [9.17, 15) is 13.2 Å². The van der Waals surface area contributed by atoms with Gasteiger partial charge >= 0.3 is 5.97 Å². The Hall–Kier alpha value is -1.44. The van der Waals surface area contributed by atoms with E-state index >= 15 is 0 Å². The molecule has 16 heavy (non-hydrogen) atoms. The standard InChI is InChI=1S/C9H12N2O4S/c1-10-16(14,15)11-6-7-2-4-8(5-3-7)9(12)13/h2-5,10-11H,6H2,1H3,(H,12,13). The Bertz CT molecular complexity index is 467. The molecule has 0 spiro atoms. The van der Waals surface area contributed by atoms with Crippen LogP contribution in [-0.2, 0) is 16.8 Å². The fourth-order valence-electron chi connectivity index (χ4n) is 1.02. The van der Waals surface area contributed by atoms with Crippen LogP contribution < -0.4 is 9.44 Å². The van der Waals surface area contributed by atoms with Crippen molar-refractivity contribution in [3.63, 3.8) is 0 Å². The van der Waals surface area contributed by atoms with Gasteiger partial charge in [0.25, 0.3) is 10.2 Å². The van der Waals surface area contributed by atoms with Crippen molar-refractivity contribution in [2.24, 2.45) is 0 Å². The van der Waals surface area contributed by atoms with E-state index in [1.54, 1.807) is 12.1 Å². The quantitative estimate of drug-likeness (QED) is 0.676. The molecule has 0 radical (unpaired) electrons. The Morgan fingerprint density at radius 1 is 1.31 bits per heavy atom. The van der Waals surface area contributed by atoms with Crippen molar-refractivity contribution >= 4 is 16.2 Å². The summed E-state index contributed by atoms with van der Waals surface area (Å²) in [4.78, 5) is 10.6. The molecule has 0 saturated carbocycles. The van der Waals surface area contributed by atoms with Crippen LogP contribution in [0.4, 0.5) is 0 Å². The zero-order chi connectivity index (χ0) is 12.2. The molecule has 0 fully saturated rings. The average molecular weight is 244 g/mol. The number of carbonyl (C=O) groups is 1. The van der Waals surface area contributed by atoms with E-state index in [4.69, 9.17) is 5.11 Å². The summed E-state index contributed by atoms with van der Waals surface area (Å²) in [5, 5.41) is 8.65. The number of nitrogens with one attached hydrogen (secondary N) is 2. The molecule has 0 aliphatic heterocycles. The van der Waals surface area contributed by atoms with E-state index in [1.807, 2.05) is 0 Å². The summed E-state index contributed by atoms with van der Waals surface area (Å²) in [5.74, 6) is -1.01. The molecular weight excluding hydrogens is 232 g/mol. The molecule has 0 saturated heterocycles. The second-order valence-electron chi connectivity index (χ2n) is 3.03. The third-order valence-corrected chi connectivity index (χ3v) is 3.00. The summed E-state index contributed by atoms with van der Waals surface area (Å²) < 4.78 is 26.5. The van der Waals surface area contributed by atoms with Gasteiger partial charge < -0.3 is 5.11 Å². The maximum Gasteiger partial charge on any atom is 0.335 e. The van der Waals surface area contributed by atoms with Crippen molar-refractivity contribution in [1.82, 2.24) is 9.44 Å². The van der Waals surface area contributed by atoms with Crippen LogP contribution >= 0.6 is 0 Å². The van der Waals surface area contributed by atoms with Crippen LogP contribution in [0.25, 0.3) is 0 Å². The van der Waals surface area contributed by atoms with Gasteiger partial charge in [0, 0.05) is 13.6 Å². The first kappa shape index (κ1) is 12.6. The Kier molecular flexibility index (Phi) is 3.99. The molecule has 88 valence electrons. The molecule has 0 unspecified atom stereocenters. The Morgan fingerprint density at radius 3 is 2.31 bits per heavy atom. The van der Waals surface area contributed by atoms with Crippen molar-refractivity contribution in [1.29, 1.82) is 0 Å². The van der Waals surface area contributed by atoms with Crippen LogP contribution in [0.5, 0.6) is 0 Å². The first-order chi connectivity index (χ1) is 7.44. The normalized spacial score (nSPS) is 11.3. The van der Waals surface area contributed by atoms with E-state index in [2.05, 4.69) is 9.44 Å². The summed E-state index contributed by atoms with van der Waals surface area (Å²) in [6.07, 6.45) is 0. The van der Waals surface area contributed by atoms with Gasteiger partial charge in [-0.2, -0.15) is 13.1 Å². The van der Waals surface area contributed by atoms with Crippen LogP contribution in [0.2, 0.25) is 0 Å². The minimum atomic E-state index is -3.46. The third-order valence-electron chi connectivity index (χ3n) is 1.94. The molecule has 6 nitrogen and oxygen atoms in total. The highest BCUT2D eigenvalue weighted by atomic mass is 32.2. The molecule has 7 heteroatoms. The fraction of sp³-hybridized carbons (Fsp3) is 0.222. The van der Waals surface area contributed by atoms with Crippen molar-refractivity contribution in [3.8, 4) is 0 Å². The highest BCUT2D eigenvalue weighted by molar-refractivity contribution is 7.87. The van der Waals surface area contributed by atoms with Gasteiger partial charge in [0.15, 0.2) is 0 Å². The van der Waals surface area contributed by atoms with Gasteiger partial charge in [-0.3, -0.25) is 0 Å². The average Bonchev–Trinajstić information content (AvgIpc) is 2.27. The van der Waals surface area contributed by atoms with Crippen LogP contribution in [0.1, 0.15) is 15.9 Å². The molecule has 1 aromatic rings. The van der Waals surface area contributed by atoms with Gasteiger partial charge in [0.1, 0.15) is 0 Å². The first-order valence-corrected chi connectivity index (χ1v) is 5.93. The minimum Gasteiger partial charge on any atom is -0.478 e. The SMILES string of the molecule is CNS(=O)(=O)NCc1ccc(C(=O)O)cc1. The summed E-state index contributed by atoms with van der Waals surface area (Å²) in [7, 11) is -2.16. The third kappa shape index (κ3) is 3.61. The monoisotopic (exact) mass is 244 g/mol. The maximum absolute atomic E-state index is 11.0. The molecule has 3 N–H and O–H groups in total. The van der Waals surface area contributed by atoms with E-state index in [0.717, 1.165) is 0 Å². The molecule has 0 aromatic heterocycles. The van der Waals surface area contributed by atoms with Gasteiger partial charge in [-0.25, -0.2) is 9.52 Å². The van der Waals surface area contributed by atoms with Crippen LogP contribution in [-0.4, -0.2) is 26.5 Å². The fourth-order valence-corrected chi connectivity index (χ4v) is 1.52. The highest BCUT2D eigenvalue weighted by Gasteiger charge is 2.06. The second kappa shape index (κ2) is 5.06. The Balaban J connectivity index is 2.66. The van der Waals surface area contributed by atoms with Crippen LogP contribution in [0.15, 0.2) is 24.3 Å². The molecule has 0 heterocycles. The van der Waals surface area contributed by atoms with E-state index in [0.29, 0.717) is 5.56 Å². The molecule has 0 atom stereocenters. The second-order valence-corrected chi connectivity index (χ2v) is 4.73. The van der Waals surface area contributed by atoms with Gasteiger partial charge in [-0.05, 0) is 17.7 Å². The van der Waals surface area contributed by atoms with Crippen molar-refractivity contribution < 1.29 is 18.3 Å². The van der Waals surface area contributed by atoms with E-state index < -0.39 is 16.2 Å². The predicted octanol–water partition coefficient (Wildman–Crippen LogP) is -0.0614. The van der Waals surface area contributed by atoms with Crippen molar-refractivity contribution in [3.05, 3.63) is 35.4 Å². The zero-order valence-electron chi connectivity index (χ0n) is 8.60. The molecule has 0 bridgehead atoms. The predicted molar refractivity (Wildman–Crippen MR) is 58.2 cm³/mol. The lowest BCUT2D eigenvalue weighted by atomic mass is 10.1. The lowest BCUT2D eigenvalue weighted by Gasteiger charge is -2.05. The number of benzene rings is 1. The number of carboxylic acid groups (broad SMARTS) is 1. The Morgan fingerprint density at radius 2 is 1.88 bits per heavy atom. The van der Waals surface area contributed by atoms with Crippen LogP contribution in [0, 0.1) is 0 Å². The largest absolute Gasteiger partial charge is 0.478 e. The molecular formula is C9H12N2O4S. The summed E-state index contributed by atoms with van der Waals surface area (Å²) in [5.41, 5.74) is 0.851. The maximum atomic E-state index is 11.0. The minimum absolute atomic E-state index is 0.114. The zero-order valence-corrected chi connectivity index (χ0v) is 9.41. The lowest BCUT2D eigenvalue weighted by molar-refractivity contribution is 0.0697. The molecule has 1 rings (SSSR count). The highest BCUT2D eigenvalue weighted by Crippen LogP contribution is 2.04. The number of hydrogen-bond acceptors (Lipinski definition) is 3. The van der Waals surface area contributed by atoms with Crippen molar-refractivity contribution in [2.75, 3.05) is 7.05 Å². The van der Waals surface area contributed by atoms with Gasteiger partial charge in [0.05, 0.1) is 5.56 Å². The molecule has 0 aliphatic carbocycles. The van der Waals surface area contributed by atoms with E-state index in [-0.39, 0.29) is 12.1 Å². The first-order valence-electron chi connectivity index (χ1n) is 4.45. The van der Waals surface area contributed by atoms with E-state index in [1.165, 1.54) is 19.2 Å². The smallest absolute Gasteiger partial charge is 0.335 e. The van der Waals surface area contributed by atoms with Gasteiger partial charge in [-0.15, -0.1) is 0 Å². The number of aromatic carboxylic acids is 1. The summed E-state index contributed by atoms with van der Waals surface area (Å²) in [6, 6.07) is 5.96. The summed E-state index contributed by atoms with van der Waals surface area (Å²) in [6.45, 7) is 0.114. The molecule has 1 aromatic carbocycles. The molecule has 0 aliphatic rings. The summed E-state index contributed by atoms with van der Waals surface area (Å²) >= 11 is 0. The van der Waals surface area contributed by atoms with Gasteiger partial charge in [0.2, 0.25) is 0 Å². The molecule has 0 amide bonds. The van der Waals surface area contributed by atoms with Crippen LogP contribution in [0.3, 0.4) is 0 Å². The van der Waals surface area contributed by atoms with Gasteiger partial charge in [-0.1, -0.05) is 12.1 Å². The number of rotatable bonds is 5. The topological polar surface area (TPSA) is 95.5 Å². The lowest BCUT2D eigenvalue weighted by Crippen LogP contribution is -2.33. The number of hydrogen-bond donors (Lipinski definition) is 3. The Labute approximate surface area is 93.5 Å². The van der Waals surface area contributed by atoms with Crippen molar-refractivity contribution in [2.45, 2.75) is 6.54 Å².